The van der Waals surface area contributed by atoms with E-state index in [0.29, 0.717) is 12.1 Å². The topological polar surface area (TPSA) is 149 Å². The lowest BCUT2D eigenvalue weighted by atomic mass is 9.44. The predicted octanol–water partition coefficient (Wildman–Crippen LogP) is 2.45. The van der Waals surface area contributed by atoms with E-state index in [1.165, 1.54) is 32.3 Å². The Morgan fingerprint density at radius 3 is 2.61 bits per heavy atom. The SMILES string of the molecule is [3H]O[C@H](C(=O)O[C@H]1C[C@@]2(O)[C@@H](C)[C@H]3[C@@](C)(C=C[C@H]4OC[C@]43OC(C)=O)[C@@H]3O[C@H](CN(C)C)O[C@@H]3C(=C1C)C2(C)C)[C@@H](NC)c1ncccc1F. The van der Waals surface area contributed by atoms with Gasteiger partial charge < -0.3 is 44.1 Å². The molecule has 13 heteroatoms. The summed E-state index contributed by atoms with van der Waals surface area (Å²) in [6, 6.07) is 1.49. The molecule has 0 amide bonds. The standard InChI is InChI=1S/C36H50FN3O9/c1-18-22(46-32(43)28(42)27(38-7)26-21(37)11-10-14-39-26)15-36(44)19(2)30-34(6,13-12-23-35(30,17-45-23)49-20(3)41)31-29(25(18)33(36,4)5)47-24(48-31)16-40(8)9/h10-14,19,22-24,27-31,38,42,44H,15-17H2,1-9H3/t19-,22-,23+,24+,27-,28-,29+,30-,31+,34+,35-,36+/m0/s1/i42T. The van der Waals surface area contributed by atoms with Crippen molar-refractivity contribution in [2.24, 2.45) is 22.7 Å². The molecular formula is C36H50FN3O9. The largest absolute Gasteiger partial charge is 0.456 e. The summed E-state index contributed by atoms with van der Waals surface area (Å²) in [5, 5.41) is 21.0. The number of carbonyl (C=O) groups excluding carboxylic acids is 2. The summed E-state index contributed by atoms with van der Waals surface area (Å²) in [5.74, 6) is -3.15. The minimum Gasteiger partial charge on any atom is -0.456 e. The Hall–Kier alpha value is -2.78. The van der Waals surface area contributed by atoms with Crippen LogP contribution < -0.4 is 5.32 Å². The number of aliphatic hydroxyl groups is 2. The molecule has 5 aliphatic rings. The molecule has 2 aliphatic heterocycles. The maximum absolute atomic E-state index is 14.8. The normalized spacial score (nSPS) is 40.5. The smallest absolute Gasteiger partial charge is 0.337 e. The van der Waals surface area contributed by atoms with E-state index in [2.05, 4.69) is 23.3 Å². The van der Waals surface area contributed by atoms with E-state index in [1.54, 1.807) is 0 Å². The number of carbonyl (C=O) groups is 2. The van der Waals surface area contributed by atoms with Crippen LogP contribution in [0.2, 0.25) is 0 Å². The van der Waals surface area contributed by atoms with Gasteiger partial charge >= 0.3 is 11.9 Å². The number of halogens is 1. The lowest BCUT2D eigenvalue weighted by molar-refractivity contribution is -0.306. The Kier molecular flexibility index (Phi) is 8.82. The number of likely N-dealkylation sites (N-methyl/N-ethyl adjacent to an activating group) is 2. The third-order valence-corrected chi connectivity index (χ3v) is 12.0. The number of nitrogens with zero attached hydrogens (tertiary/aromatic N) is 2. The van der Waals surface area contributed by atoms with Gasteiger partial charge in [0.1, 0.15) is 30.2 Å². The number of aromatic nitrogens is 1. The lowest BCUT2D eigenvalue weighted by Gasteiger charge is -2.66. The van der Waals surface area contributed by atoms with Crippen LogP contribution in [0.4, 0.5) is 4.39 Å². The van der Waals surface area contributed by atoms with Crippen LogP contribution >= 0.6 is 0 Å². The highest BCUT2D eigenvalue weighted by molar-refractivity contribution is 5.76. The average molecular weight is 690 g/mol. The second kappa shape index (κ2) is 12.5. The molecule has 3 aliphatic carbocycles. The van der Waals surface area contributed by atoms with Crippen molar-refractivity contribution in [1.29, 1.82) is 1.43 Å². The highest BCUT2D eigenvalue weighted by Crippen LogP contribution is 2.66. The second-order valence-electron chi connectivity index (χ2n) is 15.4. The predicted molar refractivity (Wildman–Crippen MR) is 174 cm³/mol. The second-order valence-corrected chi connectivity index (χ2v) is 15.4. The Bertz CT molecular complexity index is 1570. The van der Waals surface area contributed by atoms with E-state index in [9.17, 15) is 19.1 Å². The first-order valence-electron chi connectivity index (χ1n) is 17.4. The number of fused-ring (bicyclic) bond motifs is 8. The first-order chi connectivity index (χ1) is 23.5. The molecule has 6 rings (SSSR count). The number of hydrogen-bond donors (Lipinski definition) is 3. The number of pyridine rings is 1. The van der Waals surface area contributed by atoms with E-state index in [1.807, 2.05) is 52.8 Å². The molecule has 1 aromatic rings. The molecule has 1 aromatic heterocycles. The van der Waals surface area contributed by atoms with Crippen LogP contribution in [-0.2, 0) is 33.3 Å². The van der Waals surface area contributed by atoms with Crippen molar-refractivity contribution >= 4 is 11.9 Å². The summed E-state index contributed by atoms with van der Waals surface area (Å²) in [5.41, 5.74) is -3.08. The van der Waals surface area contributed by atoms with Gasteiger partial charge in [0, 0.05) is 42.8 Å². The molecule has 2 bridgehead atoms. The quantitative estimate of drug-likeness (QED) is 0.258. The molecule has 3 fully saturated rings. The third-order valence-electron chi connectivity index (χ3n) is 12.0. The number of aliphatic hydroxyl groups excluding tert-OH is 1. The van der Waals surface area contributed by atoms with Gasteiger partial charge in [-0.2, -0.15) is 0 Å². The van der Waals surface area contributed by atoms with Crippen LogP contribution in [0.3, 0.4) is 0 Å². The summed E-state index contributed by atoms with van der Waals surface area (Å²) in [6.45, 7) is 11.8. The van der Waals surface area contributed by atoms with Gasteiger partial charge in [0.05, 0.1) is 23.9 Å². The maximum atomic E-state index is 14.8. The van der Waals surface area contributed by atoms with Crippen molar-refractivity contribution in [1.82, 2.24) is 15.2 Å². The molecule has 49 heavy (non-hydrogen) atoms. The van der Waals surface area contributed by atoms with Gasteiger partial charge in [-0.3, -0.25) is 9.78 Å². The first kappa shape index (κ1) is 34.7. The van der Waals surface area contributed by atoms with Crippen LogP contribution in [0.5, 0.6) is 0 Å². The lowest BCUT2D eigenvalue weighted by Crippen LogP contribution is -2.76. The Morgan fingerprint density at radius 2 is 2.02 bits per heavy atom. The molecule has 2 saturated heterocycles. The average Bonchev–Trinajstić information content (AvgIpc) is 3.43. The monoisotopic (exact) mass is 689 g/mol. The first-order valence-corrected chi connectivity index (χ1v) is 17.0. The number of ether oxygens (including phenoxy) is 5. The van der Waals surface area contributed by atoms with E-state index >= 15 is 0 Å². The molecule has 0 radical (unpaired) electrons. The van der Waals surface area contributed by atoms with Crippen LogP contribution in [0.25, 0.3) is 0 Å². The third kappa shape index (κ3) is 5.39. The van der Waals surface area contributed by atoms with Crippen molar-refractivity contribution in [3.05, 3.63) is 53.1 Å². The Labute approximate surface area is 288 Å². The summed E-state index contributed by atoms with van der Waals surface area (Å²) in [7, 11) is 5.36. The Balaban J connectivity index is 1.48. The molecule has 12 atom stereocenters. The van der Waals surface area contributed by atoms with E-state index in [0.717, 1.165) is 5.57 Å². The van der Waals surface area contributed by atoms with E-state index in [-0.39, 0.29) is 18.7 Å². The van der Waals surface area contributed by atoms with Gasteiger partial charge in [-0.15, -0.1) is 0 Å². The molecule has 12 nitrogen and oxygen atoms in total. The van der Waals surface area contributed by atoms with E-state index < -0.39 is 94.5 Å². The molecule has 270 valence electrons. The minimum absolute atomic E-state index is 0.0214. The van der Waals surface area contributed by atoms with Crippen molar-refractivity contribution in [3.8, 4) is 0 Å². The minimum atomic E-state index is -1.59. The highest BCUT2D eigenvalue weighted by atomic mass is 19.1. The van der Waals surface area contributed by atoms with Gasteiger partial charge in [-0.25, -0.2) is 9.18 Å². The number of rotatable bonds is 9. The maximum Gasteiger partial charge on any atom is 0.337 e. The Morgan fingerprint density at radius 1 is 1.29 bits per heavy atom. The fraction of sp³-hybridized carbons (Fsp3) is 0.694. The zero-order valence-electron chi connectivity index (χ0n) is 30.7. The fourth-order valence-corrected chi connectivity index (χ4v) is 9.72. The number of hydrogen-bond acceptors (Lipinski definition) is 12. The summed E-state index contributed by atoms with van der Waals surface area (Å²) < 4.78 is 54.6. The summed E-state index contributed by atoms with van der Waals surface area (Å²) in [6.07, 6.45) is 0.356. The molecule has 3 heterocycles. The molecule has 0 aromatic carbocycles. The van der Waals surface area contributed by atoms with Crippen molar-refractivity contribution in [2.75, 3.05) is 34.3 Å². The van der Waals surface area contributed by atoms with Gasteiger partial charge in [0.2, 0.25) is 1.43 Å². The van der Waals surface area contributed by atoms with Crippen molar-refractivity contribution < 1.29 is 47.9 Å². The zero-order chi connectivity index (χ0) is 36.6. The summed E-state index contributed by atoms with van der Waals surface area (Å²) in [4.78, 5) is 32.7. The molecule has 0 spiro atoms. The fourth-order valence-electron chi connectivity index (χ4n) is 9.72. The van der Waals surface area contributed by atoms with Gasteiger partial charge in [-0.1, -0.05) is 39.8 Å². The van der Waals surface area contributed by atoms with Gasteiger partial charge in [0.25, 0.3) is 0 Å². The zero-order valence-corrected chi connectivity index (χ0v) is 29.7. The van der Waals surface area contributed by atoms with Crippen LogP contribution in [0, 0.1) is 28.5 Å². The molecular weight excluding hydrogens is 637 g/mol. The molecule has 0 unspecified atom stereocenters. The van der Waals surface area contributed by atoms with Crippen LogP contribution in [-0.4, -0.2) is 116 Å². The van der Waals surface area contributed by atoms with E-state index in [4.69, 9.17) is 30.2 Å². The van der Waals surface area contributed by atoms with Crippen LogP contribution in [0.1, 0.15) is 59.7 Å². The van der Waals surface area contributed by atoms with Gasteiger partial charge in [0.15, 0.2) is 18.0 Å². The highest BCUT2D eigenvalue weighted by Gasteiger charge is 2.74. The number of nitrogens with one attached hydrogen (secondary N) is 1. The van der Waals surface area contributed by atoms with Gasteiger partial charge in [-0.05, 0) is 57.3 Å². The summed E-state index contributed by atoms with van der Waals surface area (Å²) >= 11 is 0. The number of esters is 2. The van der Waals surface area contributed by atoms with Crippen LogP contribution in [0.15, 0.2) is 41.6 Å². The molecule has 1 saturated carbocycles. The van der Waals surface area contributed by atoms with Crippen molar-refractivity contribution in [2.45, 2.75) is 102 Å². The molecule has 3 N–H and O–H groups in total. The van der Waals surface area contributed by atoms with Crippen molar-refractivity contribution in [3.63, 3.8) is 0 Å².